The van der Waals surface area contributed by atoms with Gasteiger partial charge >= 0.3 is 0 Å². The zero-order valence-electron chi connectivity index (χ0n) is 9.26. The Hall–Kier alpha value is -1.16. The van der Waals surface area contributed by atoms with E-state index in [1.54, 1.807) is 0 Å². The van der Waals surface area contributed by atoms with Crippen molar-refractivity contribution >= 4 is 0 Å². The van der Waals surface area contributed by atoms with Gasteiger partial charge < -0.3 is 10.3 Å². The van der Waals surface area contributed by atoms with Crippen LogP contribution >= 0.6 is 0 Å². The Kier molecular flexibility index (Phi) is 2.86. The first-order chi connectivity index (χ1) is 7.18. The molecule has 0 amide bonds. The smallest absolute Gasteiger partial charge is 0.254 e. The molecule has 0 radical (unpaired) electrons. The Morgan fingerprint density at radius 1 is 1.27 bits per heavy atom. The van der Waals surface area contributed by atoms with E-state index in [2.05, 4.69) is 15.3 Å². The van der Waals surface area contributed by atoms with Gasteiger partial charge in [-0.25, -0.2) is 4.98 Å². The summed E-state index contributed by atoms with van der Waals surface area (Å²) >= 11 is 0. The molecule has 1 aromatic heterocycles. The molecule has 2 N–H and O–H groups in total. The molecule has 1 aliphatic rings. The predicted molar refractivity (Wildman–Crippen MR) is 59.2 cm³/mol. The van der Waals surface area contributed by atoms with E-state index in [4.69, 9.17) is 0 Å². The molecule has 1 aliphatic heterocycles. The molecule has 1 saturated heterocycles. The van der Waals surface area contributed by atoms with Gasteiger partial charge in [-0.3, -0.25) is 4.79 Å². The van der Waals surface area contributed by atoms with Gasteiger partial charge in [-0.1, -0.05) is 0 Å². The zero-order valence-corrected chi connectivity index (χ0v) is 9.26. The number of hydrogen-bond acceptors (Lipinski definition) is 3. The van der Waals surface area contributed by atoms with Crippen molar-refractivity contribution in [1.82, 2.24) is 15.3 Å². The van der Waals surface area contributed by atoms with E-state index in [9.17, 15) is 4.79 Å². The molecule has 2 rings (SSSR count). The fourth-order valence-corrected chi connectivity index (χ4v) is 1.96. The van der Waals surface area contributed by atoms with Crippen LogP contribution in [0.4, 0.5) is 0 Å². The summed E-state index contributed by atoms with van der Waals surface area (Å²) in [5.74, 6) is 1.28. The van der Waals surface area contributed by atoms with Crippen molar-refractivity contribution in [2.45, 2.75) is 32.6 Å². The van der Waals surface area contributed by atoms with Gasteiger partial charge in [0.05, 0.1) is 0 Å². The molecule has 1 fully saturated rings. The molecule has 0 unspecified atom stereocenters. The van der Waals surface area contributed by atoms with Crippen LogP contribution in [0.2, 0.25) is 0 Å². The van der Waals surface area contributed by atoms with Crippen LogP contribution < -0.4 is 10.9 Å². The molecule has 4 heteroatoms. The number of nitrogens with zero attached hydrogens (tertiary/aromatic N) is 1. The van der Waals surface area contributed by atoms with E-state index >= 15 is 0 Å². The van der Waals surface area contributed by atoms with Crippen molar-refractivity contribution in [2.75, 3.05) is 13.1 Å². The van der Waals surface area contributed by atoms with Crippen LogP contribution in [0.15, 0.2) is 4.79 Å². The Morgan fingerprint density at radius 3 is 2.53 bits per heavy atom. The first-order valence-corrected chi connectivity index (χ1v) is 5.46. The Balaban J connectivity index is 2.32. The number of nitrogens with one attached hydrogen (secondary N) is 2. The van der Waals surface area contributed by atoms with Crippen LogP contribution in [0, 0.1) is 13.8 Å². The topological polar surface area (TPSA) is 57.8 Å². The summed E-state index contributed by atoms with van der Waals surface area (Å²) in [4.78, 5) is 19.0. The molecular weight excluding hydrogens is 190 g/mol. The number of piperidine rings is 1. The summed E-state index contributed by atoms with van der Waals surface area (Å²) in [6.45, 7) is 5.74. The lowest BCUT2D eigenvalue weighted by Crippen LogP contribution is -2.29. The van der Waals surface area contributed by atoms with Gasteiger partial charge in [0.2, 0.25) is 0 Å². The van der Waals surface area contributed by atoms with Crippen molar-refractivity contribution in [1.29, 1.82) is 0 Å². The molecule has 0 bridgehead atoms. The van der Waals surface area contributed by atoms with Gasteiger partial charge in [-0.15, -0.1) is 0 Å². The predicted octanol–water partition coefficient (Wildman–Crippen LogP) is 0.854. The molecule has 0 saturated carbocycles. The second-order valence-corrected chi connectivity index (χ2v) is 4.19. The largest absolute Gasteiger partial charge is 0.317 e. The molecule has 2 heterocycles. The standard InChI is InChI=1S/C11H17N3O/c1-7-8(2)13-10(14-11(7)15)9-3-5-12-6-4-9/h9,12H,3-6H2,1-2H3,(H,13,14,15). The van der Waals surface area contributed by atoms with Gasteiger partial charge in [-0.05, 0) is 39.8 Å². The van der Waals surface area contributed by atoms with E-state index in [0.29, 0.717) is 5.92 Å². The maximum absolute atomic E-state index is 11.6. The van der Waals surface area contributed by atoms with E-state index in [0.717, 1.165) is 43.0 Å². The average Bonchev–Trinajstić information content (AvgIpc) is 2.26. The molecule has 1 aromatic rings. The minimum atomic E-state index is 0.0102. The highest BCUT2D eigenvalue weighted by atomic mass is 16.1. The molecule has 0 atom stereocenters. The summed E-state index contributed by atoms with van der Waals surface area (Å²) in [7, 11) is 0. The highest BCUT2D eigenvalue weighted by molar-refractivity contribution is 5.15. The van der Waals surface area contributed by atoms with Crippen molar-refractivity contribution in [3.05, 3.63) is 27.4 Å². The highest BCUT2D eigenvalue weighted by Crippen LogP contribution is 2.21. The van der Waals surface area contributed by atoms with Crippen LogP contribution in [0.3, 0.4) is 0 Å². The van der Waals surface area contributed by atoms with Crippen molar-refractivity contribution in [3.8, 4) is 0 Å². The molecule has 82 valence electrons. The first kappa shape index (κ1) is 10.4. The lowest BCUT2D eigenvalue weighted by atomic mass is 9.97. The second kappa shape index (κ2) is 4.14. The van der Waals surface area contributed by atoms with Gasteiger partial charge in [0.15, 0.2) is 0 Å². The highest BCUT2D eigenvalue weighted by Gasteiger charge is 2.18. The summed E-state index contributed by atoms with van der Waals surface area (Å²) < 4.78 is 0. The molecule has 0 aromatic carbocycles. The molecular formula is C11H17N3O. The number of aryl methyl sites for hydroxylation is 1. The second-order valence-electron chi connectivity index (χ2n) is 4.19. The number of rotatable bonds is 1. The molecule has 4 nitrogen and oxygen atoms in total. The fraction of sp³-hybridized carbons (Fsp3) is 0.636. The zero-order chi connectivity index (χ0) is 10.8. The number of H-pyrrole nitrogens is 1. The number of aromatic amines is 1. The first-order valence-electron chi connectivity index (χ1n) is 5.46. The third-order valence-corrected chi connectivity index (χ3v) is 3.14. The number of hydrogen-bond donors (Lipinski definition) is 2. The van der Waals surface area contributed by atoms with E-state index in [-0.39, 0.29) is 5.56 Å². The van der Waals surface area contributed by atoms with Gasteiger partial charge in [0.25, 0.3) is 5.56 Å². The van der Waals surface area contributed by atoms with Crippen LogP contribution in [0.25, 0.3) is 0 Å². The van der Waals surface area contributed by atoms with Crippen LogP contribution in [0.1, 0.15) is 35.8 Å². The van der Waals surface area contributed by atoms with E-state index in [1.807, 2.05) is 13.8 Å². The van der Waals surface area contributed by atoms with Crippen molar-refractivity contribution in [2.24, 2.45) is 0 Å². The van der Waals surface area contributed by atoms with Crippen molar-refractivity contribution < 1.29 is 0 Å². The SMILES string of the molecule is Cc1nc(C2CCNCC2)[nH]c(=O)c1C. The fourth-order valence-electron chi connectivity index (χ4n) is 1.96. The summed E-state index contributed by atoms with van der Waals surface area (Å²) in [6, 6.07) is 0. The maximum Gasteiger partial charge on any atom is 0.254 e. The third kappa shape index (κ3) is 2.09. The Morgan fingerprint density at radius 2 is 1.93 bits per heavy atom. The van der Waals surface area contributed by atoms with Crippen LogP contribution in [-0.2, 0) is 0 Å². The lowest BCUT2D eigenvalue weighted by Gasteiger charge is -2.22. The van der Waals surface area contributed by atoms with E-state index in [1.165, 1.54) is 0 Å². The normalized spacial score (nSPS) is 18.0. The average molecular weight is 207 g/mol. The quantitative estimate of drug-likeness (QED) is 0.718. The van der Waals surface area contributed by atoms with Gasteiger partial charge in [-0.2, -0.15) is 0 Å². The summed E-state index contributed by atoms with van der Waals surface area (Å²) in [5.41, 5.74) is 1.59. The van der Waals surface area contributed by atoms with Crippen LogP contribution in [-0.4, -0.2) is 23.1 Å². The minimum Gasteiger partial charge on any atom is -0.317 e. The summed E-state index contributed by atoms with van der Waals surface area (Å²) in [5, 5.41) is 3.31. The number of aromatic nitrogens is 2. The minimum absolute atomic E-state index is 0.0102. The molecule has 0 aliphatic carbocycles. The Labute approximate surface area is 89.1 Å². The van der Waals surface area contributed by atoms with Crippen molar-refractivity contribution in [3.63, 3.8) is 0 Å². The maximum atomic E-state index is 11.6. The van der Waals surface area contributed by atoms with Gasteiger partial charge in [0, 0.05) is 17.2 Å². The molecule has 15 heavy (non-hydrogen) atoms. The Bertz CT molecular complexity index is 405. The lowest BCUT2D eigenvalue weighted by molar-refractivity contribution is 0.443. The monoisotopic (exact) mass is 207 g/mol. The summed E-state index contributed by atoms with van der Waals surface area (Å²) in [6.07, 6.45) is 2.12. The third-order valence-electron chi connectivity index (χ3n) is 3.14. The van der Waals surface area contributed by atoms with Crippen LogP contribution in [0.5, 0.6) is 0 Å². The van der Waals surface area contributed by atoms with E-state index < -0.39 is 0 Å². The molecule has 0 spiro atoms. The van der Waals surface area contributed by atoms with Gasteiger partial charge in [0.1, 0.15) is 5.82 Å².